The van der Waals surface area contributed by atoms with Gasteiger partial charge >= 0.3 is 0 Å². The molecule has 1 N–H and O–H groups in total. The van der Waals surface area contributed by atoms with E-state index in [1.807, 2.05) is 22.9 Å². The van der Waals surface area contributed by atoms with Gasteiger partial charge in [-0.05, 0) is 49.4 Å². The predicted octanol–water partition coefficient (Wildman–Crippen LogP) is 4.90. The summed E-state index contributed by atoms with van der Waals surface area (Å²) in [4.78, 5) is 16.6. The molecule has 0 fully saturated rings. The first-order valence-corrected chi connectivity index (χ1v) is 10.6. The van der Waals surface area contributed by atoms with Crippen LogP contribution in [0.25, 0.3) is 11.8 Å². The van der Waals surface area contributed by atoms with Crippen LogP contribution in [0.15, 0.2) is 73.3 Å². The molecule has 2 aromatic heterocycles. The number of nitrogens with zero attached hydrogens (tertiary/aromatic N) is 4. The highest BCUT2D eigenvalue weighted by molar-refractivity contribution is 6.31. The van der Waals surface area contributed by atoms with E-state index in [1.54, 1.807) is 49.8 Å². The van der Waals surface area contributed by atoms with Gasteiger partial charge in [0.15, 0.2) is 0 Å². The summed E-state index contributed by atoms with van der Waals surface area (Å²) < 4.78 is 22.4. The Morgan fingerprint density at radius 1 is 1.21 bits per heavy atom. The molecule has 9 heteroatoms. The SMILES string of the molecule is Cc1nn(-c2ccc(F)cc2)c(Cl)c1/C=C/C(=O)Nc1ccccc1OCCn1ccnc1. The van der Waals surface area contributed by atoms with Crippen molar-refractivity contribution in [1.82, 2.24) is 19.3 Å². The van der Waals surface area contributed by atoms with Gasteiger partial charge in [0.25, 0.3) is 0 Å². The van der Waals surface area contributed by atoms with Crippen LogP contribution >= 0.6 is 11.6 Å². The lowest BCUT2D eigenvalue weighted by molar-refractivity contribution is -0.111. The number of nitrogens with one attached hydrogen (secondary N) is 1. The van der Waals surface area contributed by atoms with Gasteiger partial charge < -0.3 is 14.6 Å². The number of aryl methyl sites for hydroxylation is 1. The molecule has 0 saturated carbocycles. The fourth-order valence-corrected chi connectivity index (χ4v) is 3.50. The van der Waals surface area contributed by atoms with Crippen molar-refractivity contribution in [1.29, 1.82) is 0 Å². The van der Waals surface area contributed by atoms with Gasteiger partial charge in [0.05, 0.1) is 29.9 Å². The molecule has 168 valence electrons. The second-order valence-electron chi connectivity index (χ2n) is 7.15. The van der Waals surface area contributed by atoms with Gasteiger partial charge in [0, 0.05) is 24.0 Å². The molecule has 0 aliphatic heterocycles. The first-order chi connectivity index (χ1) is 16.0. The van der Waals surface area contributed by atoms with Gasteiger partial charge in [-0.15, -0.1) is 0 Å². The predicted molar refractivity (Wildman–Crippen MR) is 125 cm³/mol. The fraction of sp³-hybridized carbons (Fsp3) is 0.125. The number of ether oxygens (including phenoxy) is 1. The number of carbonyl (C=O) groups excluding carboxylic acids is 1. The lowest BCUT2D eigenvalue weighted by Crippen LogP contribution is -2.11. The standard InChI is InChI=1S/C24H21ClFN5O2/c1-17-20(24(25)31(29-17)19-8-6-18(26)7-9-19)10-11-23(32)28-21-4-2-3-5-22(21)33-15-14-30-13-12-27-16-30/h2-13,16H,14-15H2,1H3,(H,28,32)/b11-10+. The average Bonchev–Trinajstić information content (AvgIpc) is 3.42. The summed E-state index contributed by atoms with van der Waals surface area (Å²) in [5, 5.41) is 7.55. The largest absolute Gasteiger partial charge is 0.490 e. The number of carbonyl (C=O) groups is 1. The number of imidazole rings is 1. The number of aromatic nitrogens is 4. The smallest absolute Gasteiger partial charge is 0.248 e. The molecule has 2 heterocycles. The van der Waals surface area contributed by atoms with Crippen LogP contribution in [0.1, 0.15) is 11.3 Å². The Kier molecular flexibility index (Phi) is 6.85. The molecule has 0 radical (unpaired) electrons. The Morgan fingerprint density at radius 2 is 2.00 bits per heavy atom. The third kappa shape index (κ3) is 5.48. The van der Waals surface area contributed by atoms with Crippen LogP contribution in [-0.2, 0) is 11.3 Å². The zero-order valence-corrected chi connectivity index (χ0v) is 18.5. The second kappa shape index (κ2) is 10.1. The van der Waals surface area contributed by atoms with E-state index in [4.69, 9.17) is 16.3 Å². The van der Waals surface area contributed by atoms with Crippen molar-refractivity contribution in [2.24, 2.45) is 0 Å². The summed E-state index contributed by atoms with van der Waals surface area (Å²) in [7, 11) is 0. The van der Waals surface area contributed by atoms with E-state index < -0.39 is 0 Å². The van der Waals surface area contributed by atoms with Crippen molar-refractivity contribution in [2.45, 2.75) is 13.5 Å². The van der Waals surface area contributed by atoms with Gasteiger partial charge in [-0.1, -0.05) is 23.7 Å². The van der Waals surface area contributed by atoms with Crippen LogP contribution in [0.4, 0.5) is 10.1 Å². The molecule has 0 aliphatic rings. The van der Waals surface area contributed by atoms with Crippen molar-refractivity contribution in [3.05, 3.63) is 95.6 Å². The minimum Gasteiger partial charge on any atom is -0.490 e. The Balaban J connectivity index is 1.43. The lowest BCUT2D eigenvalue weighted by Gasteiger charge is -2.11. The van der Waals surface area contributed by atoms with Crippen LogP contribution in [0.3, 0.4) is 0 Å². The highest BCUT2D eigenvalue weighted by Crippen LogP contribution is 2.26. The van der Waals surface area contributed by atoms with Crippen molar-refractivity contribution in [2.75, 3.05) is 11.9 Å². The third-order valence-electron chi connectivity index (χ3n) is 4.83. The van der Waals surface area contributed by atoms with Crippen molar-refractivity contribution >= 4 is 29.3 Å². The molecule has 0 aliphatic carbocycles. The number of hydrogen-bond acceptors (Lipinski definition) is 4. The second-order valence-corrected chi connectivity index (χ2v) is 7.50. The van der Waals surface area contributed by atoms with E-state index in [1.165, 1.54) is 22.9 Å². The fourth-order valence-electron chi connectivity index (χ4n) is 3.16. The van der Waals surface area contributed by atoms with Crippen LogP contribution in [0.2, 0.25) is 5.15 Å². The van der Waals surface area contributed by atoms with E-state index in [0.29, 0.717) is 46.7 Å². The molecule has 0 saturated heterocycles. The van der Waals surface area contributed by atoms with E-state index in [0.717, 1.165) is 0 Å². The highest BCUT2D eigenvalue weighted by atomic mass is 35.5. The Labute approximate surface area is 195 Å². The molecule has 33 heavy (non-hydrogen) atoms. The minimum absolute atomic E-state index is 0.325. The number of rotatable bonds is 8. The molecule has 0 bridgehead atoms. The Hall–Kier alpha value is -3.91. The van der Waals surface area contributed by atoms with Crippen molar-refractivity contribution in [3.8, 4) is 11.4 Å². The molecule has 4 aromatic rings. The van der Waals surface area contributed by atoms with Gasteiger partial charge in [-0.2, -0.15) is 5.10 Å². The molecular formula is C24H21ClFN5O2. The number of para-hydroxylation sites is 2. The zero-order chi connectivity index (χ0) is 23.2. The minimum atomic E-state index is -0.346. The lowest BCUT2D eigenvalue weighted by atomic mass is 10.2. The first kappa shape index (κ1) is 22.3. The number of hydrogen-bond donors (Lipinski definition) is 1. The number of halogens is 2. The maximum absolute atomic E-state index is 13.2. The van der Waals surface area contributed by atoms with Gasteiger partial charge in [0.1, 0.15) is 23.3 Å². The molecule has 0 unspecified atom stereocenters. The summed E-state index contributed by atoms with van der Waals surface area (Å²) in [5.41, 5.74) is 2.41. The van der Waals surface area contributed by atoms with Crippen LogP contribution in [-0.4, -0.2) is 31.8 Å². The summed E-state index contributed by atoms with van der Waals surface area (Å²) >= 11 is 6.47. The van der Waals surface area contributed by atoms with E-state index in [-0.39, 0.29) is 11.7 Å². The van der Waals surface area contributed by atoms with Crippen molar-refractivity contribution < 1.29 is 13.9 Å². The maximum atomic E-state index is 13.2. The number of amides is 1. The summed E-state index contributed by atoms with van der Waals surface area (Å²) in [5.74, 6) is -0.120. The van der Waals surface area contributed by atoms with E-state index in [9.17, 15) is 9.18 Å². The number of benzene rings is 2. The highest BCUT2D eigenvalue weighted by Gasteiger charge is 2.13. The summed E-state index contributed by atoms with van der Waals surface area (Å²) in [6.07, 6.45) is 8.26. The Morgan fingerprint density at radius 3 is 2.76 bits per heavy atom. The van der Waals surface area contributed by atoms with Crippen LogP contribution in [0, 0.1) is 12.7 Å². The zero-order valence-electron chi connectivity index (χ0n) is 17.8. The van der Waals surface area contributed by atoms with Gasteiger partial charge in [-0.3, -0.25) is 4.79 Å². The first-order valence-electron chi connectivity index (χ1n) is 10.2. The van der Waals surface area contributed by atoms with Crippen molar-refractivity contribution in [3.63, 3.8) is 0 Å². The molecule has 0 atom stereocenters. The van der Waals surface area contributed by atoms with E-state index in [2.05, 4.69) is 15.4 Å². The Bertz CT molecular complexity index is 1270. The molecule has 7 nitrogen and oxygen atoms in total. The monoisotopic (exact) mass is 465 g/mol. The van der Waals surface area contributed by atoms with Crippen LogP contribution < -0.4 is 10.1 Å². The average molecular weight is 466 g/mol. The van der Waals surface area contributed by atoms with Gasteiger partial charge in [0.2, 0.25) is 5.91 Å². The topological polar surface area (TPSA) is 74.0 Å². The van der Waals surface area contributed by atoms with E-state index >= 15 is 0 Å². The third-order valence-corrected chi connectivity index (χ3v) is 5.20. The molecule has 1 amide bonds. The molecule has 0 spiro atoms. The normalized spacial score (nSPS) is 11.1. The summed E-state index contributed by atoms with van der Waals surface area (Å²) in [6.45, 7) is 2.85. The number of anilines is 1. The maximum Gasteiger partial charge on any atom is 0.248 e. The summed E-state index contributed by atoms with van der Waals surface area (Å²) in [6, 6.07) is 13.0. The molecular weight excluding hydrogens is 445 g/mol. The molecule has 2 aromatic carbocycles. The quantitative estimate of drug-likeness (QED) is 0.375. The molecule has 4 rings (SSSR count). The van der Waals surface area contributed by atoms with Crippen LogP contribution in [0.5, 0.6) is 5.75 Å². The van der Waals surface area contributed by atoms with Gasteiger partial charge in [-0.25, -0.2) is 14.1 Å².